The first-order chi connectivity index (χ1) is 12.7. The molecular formula is C17H10Cl2FN3O4. The molecule has 0 unspecified atom stereocenters. The van der Waals surface area contributed by atoms with E-state index in [0.717, 1.165) is 25.1 Å². The second kappa shape index (κ2) is 6.98. The number of fused-ring (bicyclic) bond motifs is 1. The molecule has 2 N–H and O–H groups in total. The Bertz CT molecular complexity index is 1180. The highest BCUT2D eigenvalue weighted by Gasteiger charge is 2.23. The van der Waals surface area contributed by atoms with E-state index in [1.54, 1.807) is 0 Å². The molecular weight excluding hydrogens is 400 g/mol. The van der Waals surface area contributed by atoms with Crippen LogP contribution in [0.15, 0.2) is 35.1 Å². The van der Waals surface area contributed by atoms with Crippen LogP contribution in [0.25, 0.3) is 10.9 Å². The van der Waals surface area contributed by atoms with Gasteiger partial charge < -0.3 is 10.3 Å². The van der Waals surface area contributed by atoms with Crippen molar-refractivity contribution in [3.05, 3.63) is 72.1 Å². The second-order valence-electron chi connectivity index (χ2n) is 5.61. The van der Waals surface area contributed by atoms with Crippen molar-refractivity contribution in [1.82, 2.24) is 4.98 Å². The lowest BCUT2D eigenvalue weighted by Gasteiger charge is -2.13. The van der Waals surface area contributed by atoms with Gasteiger partial charge in [0.05, 0.1) is 21.0 Å². The molecule has 2 aromatic carbocycles. The number of rotatable bonds is 4. The summed E-state index contributed by atoms with van der Waals surface area (Å²) in [6.45, 7) is 1.16. The lowest BCUT2D eigenvalue weighted by molar-refractivity contribution is -0.383. The predicted molar refractivity (Wildman–Crippen MR) is 101 cm³/mol. The van der Waals surface area contributed by atoms with Gasteiger partial charge in [-0.25, -0.2) is 4.39 Å². The fourth-order valence-corrected chi connectivity index (χ4v) is 3.02. The zero-order valence-corrected chi connectivity index (χ0v) is 15.1. The highest BCUT2D eigenvalue weighted by molar-refractivity contribution is 6.33. The van der Waals surface area contributed by atoms with Gasteiger partial charge in [0.15, 0.2) is 5.78 Å². The van der Waals surface area contributed by atoms with Crippen molar-refractivity contribution in [2.75, 3.05) is 5.32 Å². The molecule has 0 radical (unpaired) electrons. The first-order valence-corrected chi connectivity index (χ1v) is 8.21. The molecule has 27 heavy (non-hydrogen) atoms. The molecule has 1 heterocycles. The zero-order chi connectivity index (χ0) is 19.9. The summed E-state index contributed by atoms with van der Waals surface area (Å²) >= 11 is 11.9. The lowest BCUT2D eigenvalue weighted by Crippen LogP contribution is -2.18. The Morgan fingerprint density at radius 1 is 1.26 bits per heavy atom. The van der Waals surface area contributed by atoms with Crippen LogP contribution < -0.4 is 10.7 Å². The maximum absolute atomic E-state index is 13.5. The van der Waals surface area contributed by atoms with Crippen molar-refractivity contribution in [3.8, 4) is 0 Å². The fraction of sp³-hybridized carbons (Fsp3) is 0.0588. The molecule has 138 valence electrons. The van der Waals surface area contributed by atoms with Crippen LogP contribution >= 0.6 is 23.2 Å². The number of hydrogen-bond acceptors (Lipinski definition) is 5. The number of halogens is 3. The summed E-state index contributed by atoms with van der Waals surface area (Å²) in [5, 5.41) is 14.0. The van der Waals surface area contributed by atoms with Gasteiger partial charge in [-0.2, -0.15) is 0 Å². The third-order valence-electron chi connectivity index (χ3n) is 3.79. The molecule has 0 spiro atoms. The van der Waals surface area contributed by atoms with Crippen molar-refractivity contribution in [3.63, 3.8) is 0 Å². The van der Waals surface area contributed by atoms with Gasteiger partial charge >= 0.3 is 0 Å². The molecule has 0 amide bonds. The van der Waals surface area contributed by atoms with E-state index in [1.165, 1.54) is 12.1 Å². The minimum atomic E-state index is -0.753. The predicted octanol–water partition coefficient (Wildman–Crippen LogP) is 4.83. The van der Waals surface area contributed by atoms with E-state index >= 15 is 0 Å². The van der Waals surface area contributed by atoms with E-state index in [4.69, 9.17) is 23.2 Å². The Hall–Kier alpha value is -2.97. The number of aromatic nitrogens is 1. The van der Waals surface area contributed by atoms with E-state index in [1.807, 2.05) is 0 Å². The van der Waals surface area contributed by atoms with Gasteiger partial charge in [-0.1, -0.05) is 23.2 Å². The molecule has 10 heteroatoms. The summed E-state index contributed by atoms with van der Waals surface area (Å²) in [4.78, 5) is 38.1. The van der Waals surface area contributed by atoms with Gasteiger partial charge in [-0.05, 0) is 31.2 Å². The van der Waals surface area contributed by atoms with Crippen LogP contribution in [0, 0.1) is 15.9 Å². The van der Waals surface area contributed by atoms with Crippen LogP contribution in [0.2, 0.25) is 10.0 Å². The molecule has 0 bridgehead atoms. The highest BCUT2D eigenvalue weighted by atomic mass is 35.5. The summed E-state index contributed by atoms with van der Waals surface area (Å²) < 4.78 is 13.5. The highest BCUT2D eigenvalue weighted by Crippen LogP contribution is 2.31. The van der Waals surface area contributed by atoms with Crippen molar-refractivity contribution in [2.45, 2.75) is 6.92 Å². The largest absolute Gasteiger partial charge is 0.340 e. The third-order valence-corrected chi connectivity index (χ3v) is 4.34. The lowest BCUT2D eigenvalue weighted by atomic mass is 10.1. The number of aromatic amines is 1. The Kier molecular flexibility index (Phi) is 4.86. The Labute approximate surface area is 160 Å². The molecule has 7 nitrogen and oxygen atoms in total. The van der Waals surface area contributed by atoms with Crippen molar-refractivity contribution < 1.29 is 14.1 Å². The Morgan fingerprint density at radius 2 is 1.96 bits per heavy atom. The van der Waals surface area contributed by atoms with Crippen LogP contribution in [-0.2, 0) is 0 Å². The molecule has 3 rings (SSSR count). The first-order valence-electron chi connectivity index (χ1n) is 7.46. The molecule has 0 aliphatic heterocycles. The number of carbonyl (C=O) groups is 1. The summed E-state index contributed by atoms with van der Waals surface area (Å²) in [5.74, 6) is -1.35. The SMILES string of the molecule is CC(=O)c1c(Nc2cc(F)ccc2Cl)[nH]c2c([N+](=O)[O-])cc(Cl)cc2c1=O. The average Bonchev–Trinajstić information content (AvgIpc) is 2.58. The number of nitrogens with one attached hydrogen (secondary N) is 2. The van der Waals surface area contributed by atoms with Gasteiger partial charge in [-0.15, -0.1) is 0 Å². The maximum Gasteiger partial charge on any atom is 0.294 e. The molecule has 0 fully saturated rings. The summed E-state index contributed by atoms with van der Waals surface area (Å²) in [5.41, 5.74) is -1.55. The number of non-ortho nitro benzene ring substituents is 1. The number of ketones is 1. The number of nitro benzene ring substituents is 1. The van der Waals surface area contributed by atoms with Crippen LogP contribution in [-0.4, -0.2) is 15.7 Å². The number of anilines is 2. The molecule has 0 atom stereocenters. The molecule has 0 aliphatic carbocycles. The molecule has 0 saturated heterocycles. The number of nitro groups is 1. The van der Waals surface area contributed by atoms with E-state index in [0.29, 0.717) is 0 Å². The first kappa shape index (κ1) is 18.8. The topological polar surface area (TPSA) is 105 Å². The average molecular weight is 410 g/mol. The van der Waals surface area contributed by atoms with Crippen LogP contribution in [0.4, 0.5) is 21.6 Å². The van der Waals surface area contributed by atoms with Crippen molar-refractivity contribution in [1.29, 1.82) is 0 Å². The van der Waals surface area contributed by atoms with Gasteiger partial charge in [0.2, 0.25) is 5.43 Å². The molecule has 0 aliphatic rings. The van der Waals surface area contributed by atoms with Crippen LogP contribution in [0.3, 0.4) is 0 Å². The van der Waals surface area contributed by atoms with Crippen LogP contribution in [0.1, 0.15) is 17.3 Å². The van der Waals surface area contributed by atoms with Gasteiger partial charge in [-0.3, -0.25) is 19.7 Å². The Balaban J connectivity index is 2.36. The standard InChI is InChI=1S/C17H10Cl2FN3O4/c1-7(24)14-16(25)10-4-8(18)5-13(23(26)27)15(10)22-17(14)21-12-6-9(20)2-3-11(12)19/h2-6H,1H3,(H2,21,22,25). The summed E-state index contributed by atoms with van der Waals surface area (Å²) in [7, 11) is 0. The smallest absolute Gasteiger partial charge is 0.294 e. The summed E-state index contributed by atoms with van der Waals surface area (Å²) in [6, 6.07) is 5.79. The number of H-pyrrole nitrogens is 1. The van der Waals surface area contributed by atoms with Gasteiger partial charge in [0.1, 0.15) is 22.7 Å². The quantitative estimate of drug-likeness (QED) is 0.364. The van der Waals surface area contributed by atoms with Gasteiger partial charge in [0, 0.05) is 11.1 Å². The number of Topliss-reactive ketones (excluding diaryl/α,β-unsaturated/α-hetero) is 1. The number of benzene rings is 2. The number of nitrogens with zero attached hydrogens (tertiary/aromatic N) is 1. The number of pyridine rings is 1. The monoisotopic (exact) mass is 409 g/mol. The van der Waals surface area contributed by atoms with Crippen molar-refractivity contribution in [2.24, 2.45) is 0 Å². The molecule has 1 aromatic heterocycles. The van der Waals surface area contributed by atoms with Crippen molar-refractivity contribution >= 4 is 57.1 Å². The minimum Gasteiger partial charge on any atom is -0.340 e. The third kappa shape index (κ3) is 3.49. The molecule has 3 aromatic rings. The van der Waals surface area contributed by atoms with Crippen LogP contribution in [0.5, 0.6) is 0 Å². The normalized spacial score (nSPS) is 10.8. The van der Waals surface area contributed by atoms with E-state index in [2.05, 4.69) is 10.3 Å². The molecule has 0 saturated carbocycles. The maximum atomic E-state index is 13.5. The van der Waals surface area contributed by atoms with E-state index in [-0.39, 0.29) is 38.0 Å². The number of carbonyl (C=O) groups excluding carboxylic acids is 1. The Morgan fingerprint density at radius 3 is 2.59 bits per heavy atom. The van der Waals surface area contributed by atoms with E-state index < -0.39 is 27.6 Å². The second-order valence-corrected chi connectivity index (χ2v) is 6.46. The van der Waals surface area contributed by atoms with E-state index in [9.17, 15) is 24.1 Å². The summed E-state index contributed by atoms with van der Waals surface area (Å²) in [6.07, 6.45) is 0. The fourth-order valence-electron chi connectivity index (χ4n) is 2.64. The minimum absolute atomic E-state index is 0.0249. The number of hydrogen-bond donors (Lipinski definition) is 2. The van der Waals surface area contributed by atoms with Gasteiger partial charge in [0.25, 0.3) is 5.69 Å². The zero-order valence-electron chi connectivity index (χ0n) is 13.6.